The van der Waals surface area contributed by atoms with E-state index in [1.807, 2.05) is 13.8 Å². The Morgan fingerprint density at radius 1 is 1.56 bits per heavy atom. The van der Waals surface area contributed by atoms with E-state index in [0.29, 0.717) is 30.3 Å². The number of carbonyl (C=O) groups is 1. The fourth-order valence-corrected chi connectivity index (χ4v) is 1.56. The molecule has 0 aromatic carbocycles. The first-order valence-electron chi connectivity index (χ1n) is 6.03. The monoisotopic (exact) mass is 251 g/mol. The first-order chi connectivity index (χ1) is 8.58. The number of ether oxygens (including phenoxy) is 1. The molecule has 0 spiro atoms. The standard InChI is InChI=1S/C13H21N3O2/c1-9(2)12(8-18-3)16-13(17)10-4-5-15-11(6-10)7-14/h4-6,9,12H,7-8,14H2,1-3H3,(H,16,17). The second-order valence-corrected chi connectivity index (χ2v) is 4.52. The van der Waals surface area contributed by atoms with Crippen molar-refractivity contribution in [1.29, 1.82) is 0 Å². The molecule has 5 heteroatoms. The number of nitrogens with two attached hydrogens (primary N) is 1. The van der Waals surface area contributed by atoms with Crippen LogP contribution in [-0.2, 0) is 11.3 Å². The molecule has 18 heavy (non-hydrogen) atoms. The lowest BCUT2D eigenvalue weighted by atomic mass is 10.0. The normalized spacial score (nSPS) is 12.5. The minimum atomic E-state index is -0.122. The van der Waals surface area contributed by atoms with Crippen molar-refractivity contribution in [3.8, 4) is 0 Å². The maximum atomic E-state index is 12.1. The van der Waals surface area contributed by atoms with Gasteiger partial charge in [-0.25, -0.2) is 0 Å². The van der Waals surface area contributed by atoms with Gasteiger partial charge in [0.05, 0.1) is 18.3 Å². The van der Waals surface area contributed by atoms with Crippen LogP contribution in [0.15, 0.2) is 18.3 Å². The van der Waals surface area contributed by atoms with Crippen LogP contribution in [0.2, 0.25) is 0 Å². The van der Waals surface area contributed by atoms with Gasteiger partial charge in [0, 0.05) is 25.4 Å². The molecule has 1 atom stereocenters. The van der Waals surface area contributed by atoms with Crippen LogP contribution in [0.1, 0.15) is 29.9 Å². The second-order valence-electron chi connectivity index (χ2n) is 4.52. The first kappa shape index (κ1) is 14.6. The predicted octanol–water partition coefficient (Wildman–Crippen LogP) is 0.941. The third-order valence-electron chi connectivity index (χ3n) is 2.76. The average Bonchev–Trinajstić information content (AvgIpc) is 2.38. The summed E-state index contributed by atoms with van der Waals surface area (Å²) in [6.07, 6.45) is 1.60. The summed E-state index contributed by atoms with van der Waals surface area (Å²) in [4.78, 5) is 16.1. The molecule has 1 heterocycles. The van der Waals surface area contributed by atoms with E-state index in [2.05, 4.69) is 10.3 Å². The average molecular weight is 251 g/mol. The first-order valence-corrected chi connectivity index (χ1v) is 6.03. The summed E-state index contributed by atoms with van der Waals surface area (Å²) in [6.45, 7) is 4.91. The summed E-state index contributed by atoms with van der Waals surface area (Å²) < 4.78 is 5.10. The number of pyridine rings is 1. The third kappa shape index (κ3) is 4.09. The molecule has 3 N–H and O–H groups in total. The van der Waals surface area contributed by atoms with E-state index in [-0.39, 0.29) is 11.9 Å². The van der Waals surface area contributed by atoms with Crippen molar-refractivity contribution in [1.82, 2.24) is 10.3 Å². The summed E-state index contributed by atoms with van der Waals surface area (Å²) in [6, 6.07) is 3.38. The fraction of sp³-hybridized carbons (Fsp3) is 0.538. The molecule has 1 unspecified atom stereocenters. The molecular weight excluding hydrogens is 230 g/mol. The zero-order valence-electron chi connectivity index (χ0n) is 11.1. The Kier molecular flexibility index (Phi) is 5.74. The van der Waals surface area contributed by atoms with Gasteiger partial charge < -0.3 is 15.8 Å². The van der Waals surface area contributed by atoms with Crippen molar-refractivity contribution in [3.63, 3.8) is 0 Å². The Bertz CT molecular complexity index is 394. The number of hydrogen-bond acceptors (Lipinski definition) is 4. The van der Waals surface area contributed by atoms with Gasteiger partial charge in [0.15, 0.2) is 0 Å². The zero-order chi connectivity index (χ0) is 13.5. The molecular formula is C13H21N3O2. The molecule has 0 aliphatic heterocycles. The molecule has 1 amide bonds. The molecule has 0 aliphatic carbocycles. The molecule has 0 saturated heterocycles. The van der Waals surface area contributed by atoms with E-state index < -0.39 is 0 Å². The highest BCUT2D eigenvalue weighted by Crippen LogP contribution is 2.06. The van der Waals surface area contributed by atoms with Crippen LogP contribution >= 0.6 is 0 Å². The zero-order valence-corrected chi connectivity index (χ0v) is 11.1. The molecule has 0 radical (unpaired) electrons. The van der Waals surface area contributed by atoms with Crippen molar-refractivity contribution >= 4 is 5.91 Å². The number of amides is 1. The summed E-state index contributed by atoms with van der Waals surface area (Å²) in [5.74, 6) is 0.188. The number of carbonyl (C=O) groups excluding carboxylic acids is 1. The van der Waals surface area contributed by atoms with Gasteiger partial charge in [-0.15, -0.1) is 0 Å². The van der Waals surface area contributed by atoms with Gasteiger partial charge in [-0.1, -0.05) is 13.8 Å². The van der Waals surface area contributed by atoms with Gasteiger partial charge in [0.25, 0.3) is 5.91 Å². The van der Waals surface area contributed by atoms with Crippen LogP contribution in [0.3, 0.4) is 0 Å². The minimum Gasteiger partial charge on any atom is -0.383 e. The van der Waals surface area contributed by atoms with E-state index in [9.17, 15) is 4.79 Å². The quantitative estimate of drug-likeness (QED) is 0.789. The van der Waals surface area contributed by atoms with Gasteiger partial charge in [-0.2, -0.15) is 0 Å². The predicted molar refractivity (Wildman–Crippen MR) is 70.1 cm³/mol. The molecule has 0 saturated carbocycles. The van der Waals surface area contributed by atoms with Gasteiger partial charge in [-0.3, -0.25) is 9.78 Å². The third-order valence-corrected chi connectivity index (χ3v) is 2.76. The lowest BCUT2D eigenvalue weighted by molar-refractivity contribution is 0.0866. The number of nitrogens with zero attached hydrogens (tertiary/aromatic N) is 1. The molecule has 1 rings (SSSR count). The minimum absolute atomic E-state index is 0.00279. The Balaban J connectivity index is 2.73. The number of methoxy groups -OCH3 is 1. The van der Waals surface area contributed by atoms with E-state index in [0.717, 1.165) is 0 Å². The van der Waals surface area contributed by atoms with Crippen molar-refractivity contribution < 1.29 is 9.53 Å². The van der Waals surface area contributed by atoms with Gasteiger partial charge in [0.1, 0.15) is 0 Å². The summed E-state index contributed by atoms with van der Waals surface area (Å²) in [7, 11) is 1.63. The summed E-state index contributed by atoms with van der Waals surface area (Å²) >= 11 is 0. The SMILES string of the molecule is COCC(NC(=O)c1ccnc(CN)c1)C(C)C. The Morgan fingerprint density at radius 3 is 2.83 bits per heavy atom. The maximum Gasteiger partial charge on any atom is 0.251 e. The molecule has 0 aliphatic rings. The highest BCUT2D eigenvalue weighted by molar-refractivity contribution is 5.94. The largest absolute Gasteiger partial charge is 0.383 e. The summed E-state index contributed by atoms with van der Waals surface area (Å²) in [5.41, 5.74) is 6.78. The lowest BCUT2D eigenvalue weighted by Gasteiger charge is -2.21. The van der Waals surface area contributed by atoms with Crippen molar-refractivity contribution in [2.45, 2.75) is 26.4 Å². The smallest absolute Gasteiger partial charge is 0.251 e. The van der Waals surface area contributed by atoms with Crippen LogP contribution in [0, 0.1) is 5.92 Å². The van der Waals surface area contributed by atoms with Crippen LogP contribution in [0.5, 0.6) is 0 Å². The number of rotatable bonds is 6. The Morgan fingerprint density at radius 2 is 2.28 bits per heavy atom. The van der Waals surface area contributed by atoms with Crippen molar-refractivity contribution in [3.05, 3.63) is 29.6 Å². The Labute approximate surface area is 108 Å². The number of hydrogen-bond donors (Lipinski definition) is 2. The van der Waals surface area contributed by atoms with E-state index in [1.54, 1.807) is 25.4 Å². The number of nitrogens with one attached hydrogen (secondary N) is 1. The van der Waals surface area contributed by atoms with E-state index in [1.165, 1.54) is 0 Å². The van der Waals surface area contributed by atoms with E-state index >= 15 is 0 Å². The highest BCUT2D eigenvalue weighted by atomic mass is 16.5. The van der Waals surface area contributed by atoms with Crippen molar-refractivity contribution in [2.75, 3.05) is 13.7 Å². The van der Waals surface area contributed by atoms with Gasteiger partial charge in [0.2, 0.25) is 0 Å². The summed E-state index contributed by atoms with van der Waals surface area (Å²) in [5, 5.41) is 2.95. The van der Waals surface area contributed by atoms with E-state index in [4.69, 9.17) is 10.5 Å². The lowest BCUT2D eigenvalue weighted by Crippen LogP contribution is -2.41. The van der Waals surface area contributed by atoms with Gasteiger partial charge >= 0.3 is 0 Å². The topological polar surface area (TPSA) is 77.2 Å². The Hall–Kier alpha value is -1.46. The second kappa shape index (κ2) is 7.08. The molecule has 0 fully saturated rings. The molecule has 0 bridgehead atoms. The molecule has 5 nitrogen and oxygen atoms in total. The maximum absolute atomic E-state index is 12.1. The molecule has 100 valence electrons. The van der Waals surface area contributed by atoms with Crippen LogP contribution in [0.4, 0.5) is 0 Å². The van der Waals surface area contributed by atoms with Crippen LogP contribution < -0.4 is 11.1 Å². The molecule has 1 aromatic heterocycles. The van der Waals surface area contributed by atoms with Crippen molar-refractivity contribution in [2.24, 2.45) is 11.7 Å². The van der Waals surface area contributed by atoms with Crippen LogP contribution in [0.25, 0.3) is 0 Å². The number of aromatic nitrogens is 1. The fourth-order valence-electron chi connectivity index (χ4n) is 1.56. The molecule has 1 aromatic rings. The highest BCUT2D eigenvalue weighted by Gasteiger charge is 2.17. The van der Waals surface area contributed by atoms with Crippen LogP contribution in [-0.4, -0.2) is 30.6 Å². The van der Waals surface area contributed by atoms with Gasteiger partial charge in [-0.05, 0) is 18.1 Å².